The van der Waals surface area contributed by atoms with Crippen molar-refractivity contribution in [2.75, 3.05) is 6.54 Å². The topological polar surface area (TPSA) is 128 Å². The highest BCUT2D eigenvalue weighted by Gasteiger charge is 2.44. The van der Waals surface area contributed by atoms with Gasteiger partial charge in [-0.05, 0) is 75.2 Å². The lowest BCUT2D eigenvalue weighted by molar-refractivity contribution is -0.159. The van der Waals surface area contributed by atoms with Gasteiger partial charge in [0, 0.05) is 18.7 Å². The van der Waals surface area contributed by atoms with Crippen LogP contribution < -0.4 is 15.5 Å². The molecule has 2 aromatic carbocycles. The molecule has 0 saturated carbocycles. The largest absolute Gasteiger partial charge is 0.544 e. The Labute approximate surface area is 249 Å². The van der Waals surface area contributed by atoms with Crippen LogP contribution in [0.3, 0.4) is 0 Å². The van der Waals surface area contributed by atoms with Crippen molar-refractivity contribution in [3.63, 3.8) is 0 Å². The van der Waals surface area contributed by atoms with Crippen LogP contribution in [0.25, 0.3) is 0 Å². The standard InChI is InChI=1S/C32H43N3O6Si/c1-31(2,3)40-30(39)26(35-28(37)24-11-9-10-12-25(24)29(35)38)20-34-27(36)18-15-22(33)19-21-13-16-23(17-14-21)41-42(7,8)32(4,5)6/h9-18,22,26H,19-20,33H2,1-8H3,(H,34,36)/b18-15+/t22-,26+/m1/s1. The molecule has 0 spiro atoms. The molecule has 3 N–H and O–H groups in total. The van der Waals surface area contributed by atoms with Gasteiger partial charge >= 0.3 is 5.97 Å². The summed E-state index contributed by atoms with van der Waals surface area (Å²) in [5.41, 5.74) is 6.78. The number of benzene rings is 2. The molecule has 10 heteroatoms. The van der Waals surface area contributed by atoms with E-state index in [4.69, 9.17) is 14.9 Å². The van der Waals surface area contributed by atoms with Gasteiger partial charge in [0.05, 0.1) is 11.1 Å². The average Bonchev–Trinajstić information content (AvgIpc) is 3.12. The lowest BCUT2D eigenvalue weighted by Crippen LogP contribution is -2.52. The summed E-state index contributed by atoms with van der Waals surface area (Å²) >= 11 is 0. The van der Waals surface area contributed by atoms with E-state index >= 15 is 0 Å². The number of imide groups is 1. The van der Waals surface area contributed by atoms with Crippen LogP contribution in [0, 0.1) is 0 Å². The van der Waals surface area contributed by atoms with Gasteiger partial charge in [0.25, 0.3) is 11.8 Å². The van der Waals surface area contributed by atoms with Crippen molar-refractivity contribution in [1.29, 1.82) is 0 Å². The third-order valence-corrected chi connectivity index (χ3v) is 11.7. The zero-order valence-electron chi connectivity index (χ0n) is 25.8. The Morgan fingerprint density at radius 1 is 0.952 bits per heavy atom. The lowest BCUT2D eigenvalue weighted by atomic mass is 10.1. The van der Waals surface area contributed by atoms with Crippen molar-refractivity contribution < 1.29 is 28.3 Å². The van der Waals surface area contributed by atoms with Crippen LogP contribution in [0.2, 0.25) is 18.1 Å². The van der Waals surface area contributed by atoms with E-state index in [9.17, 15) is 19.2 Å². The van der Waals surface area contributed by atoms with E-state index in [0.29, 0.717) is 6.42 Å². The van der Waals surface area contributed by atoms with Crippen molar-refractivity contribution >= 4 is 32.0 Å². The second kappa shape index (κ2) is 12.6. The fourth-order valence-electron chi connectivity index (χ4n) is 4.09. The fraction of sp³-hybridized carbons (Fsp3) is 0.438. The first kappa shape index (κ1) is 32.7. The number of rotatable bonds is 10. The van der Waals surface area contributed by atoms with Gasteiger partial charge in [0.15, 0.2) is 6.04 Å². The molecule has 0 unspecified atom stereocenters. The maximum atomic E-state index is 13.1. The number of nitrogens with zero attached hydrogens (tertiary/aromatic N) is 1. The Kier molecular flexibility index (Phi) is 9.84. The Bertz CT molecular complexity index is 1320. The molecule has 2 aromatic rings. The first-order valence-electron chi connectivity index (χ1n) is 14.1. The fourth-order valence-corrected chi connectivity index (χ4v) is 5.12. The summed E-state index contributed by atoms with van der Waals surface area (Å²) < 4.78 is 11.8. The lowest BCUT2D eigenvalue weighted by Gasteiger charge is -2.36. The van der Waals surface area contributed by atoms with Gasteiger partial charge in [-0.15, -0.1) is 0 Å². The maximum Gasteiger partial charge on any atom is 0.331 e. The number of carbonyl (C=O) groups excluding carboxylic acids is 4. The van der Waals surface area contributed by atoms with Gasteiger partial charge in [-0.25, -0.2) is 4.79 Å². The number of hydrogen-bond acceptors (Lipinski definition) is 7. The highest BCUT2D eigenvalue weighted by Crippen LogP contribution is 2.37. The van der Waals surface area contributed by atoms with Gasteiger partial charge < -0.3 is 20.2 Å². The van der Waals surface area contributed by atoms with Crippen LogP contribution in [0.1, 0.15) is 67.8 Å². The van der Waals surface area contributed by atoms with Gasteiger partial charge in [-0.1, -0.05) is 51.1 Å². The number of nitrogens with two attached hydrogens (primary N) is 1. The molecule has 9 nitrogen and oxygen atoms in total. The normalized spacial score (nSPS) is 15.4. The molecule has 3 amide bonds. The number of amides is 3. The van der Waals surface area contributed by atoms with E-state index in [1.54, 1.807) is 39.0 Å². The van der Waals surface area contributed by atoms with Crippen LogP contribution in [-0.4, -0.2) is 61.1 Å². The molecule has 0 fully saturated rings. The maximum absolute atomic E-state index is 13.1. The summed E-state index contributed by atoms with van der Waals surface area (Å²) in [6.07, 6.45) is 3.35. The van der Waals surface area contributed by atoms with Gasteiger partial charge in [-0.2, -0.15) is 0 Å². The van der Waals surface area contributed by atoms with Crippen LogP contribution in [0.5, 0.6) is 5.75 Å². The Balaban J connectivity index is 1.62. The molecule has 0 aromatic heterocycles. The number of ether oxygens (including phenoxy) is 1. The predicted octanol–water partition coefficient (Wildman–Crippen LogP) is 4.62. The summed E-state index contributed by atoms with van der Waals surface area (Å²) in [4.78, 5) is 52.6. The number of nitrogens with one attached hydrogen (secondary N) is 1. The van der Waals surface area contributed by atoms with Crippen LogP contribution >= 0.6 is 0 Å². The Morgan fingerprint density at radius 3 is 2.00 bits per heavy atom. The molecule has 1 aliphatic rings. The zero-order chi connectivity index (χ0) is 31.5. The first-order valence-corrected chi connectivity index (χ1v) is 17.0. The SMILES string of the molecule is CC(C)(C)OC(=O)[C@H](CNC(=O)/C=C/[C@@H](N)Cc1ccc(O[Si](C)(C)C(C)(C)C)cc1)N1C(=O)c2ccccc2C1=O. The number of fused-ring (bicyclic) bond motifs is 1. The molecule has 0 saturated heterocycles. The highest BCUT2D eigenvalue weighted by molar-refractivity contribution is 6.74. The Morgan fingerprint density at radius 2 is 1.50 bits per heavy atom. The zero-order valence-corrected chi connectivity index (χ0v) is 26.8. The molecule has 0 radical (unpaired) electrons. The van der Waals surface area contributed by atoms with Crippen molar-refractivity contribution in [2.24, 2.45) is 5.73 Å². The smallest absolute Gasteiger partial charge is 0.331 e. The number of carbonyl (C=O) groups is 4. The van der Waals surface area contributed by atoms with E-state index < -0.39 is 49.7 Å². The van der Waals surface area contributed by atoms with Gasteiger partial charge in [0.2, 0.25) is 14.2 Å². The molecule has 2 atom stereocenters. The number of hydrogen-bond donors (Lipinski definition) is 2. The van der Waals surface area contributed by atoms with Crippen molar-refractivity contribution in [3.8, 4) is 5.75 Å². The first-order chi connectivity index (χ1) is 19.4. The van der Waals surface area contributed by atoms with E-state index in [1.165, 1.54) is 18.2 Å². The minimum Gasteiger partial charge on any atom is -0.544 e. The third kappa shape index (κ3) is 8.16. The van der Waals surface area contributed by atoms with Crippen LogP contribution in [0.15, 0.2) is 60.7 Å². The molecule has 3 rings (SSSR count). The number of esters is 1. The third-order valence-electron chi connectivity index (χ3n) is 7.35. The van der Waals surface area contributed by atoms with Crippen molar-refractivity contribution in [1.82, 2.24) is 10.2 Å². The molecule has 226 valence electrons. The van der Waals surface area contributed by atoms with Gasteiger partial charge in [0.1, 0.15) is 11.4 Å². The molecular formula is C32H43N3O6Si. The van der Waals surface area contributed by atoms with Crippen LogP contribution in [0.4, 0.5) is 0 Å². The summed E-state index contributed by atoms with van der Waals surface area (Å²) in [7, 11) is -1.94. The second-order valence-electron chi connectivity index (χ2n) is 13.1. The minimum absolute atomic E-state index is 0.0941. The predicted molar refractivity (Wildman–Crippen MR) is 165 cm³/mol. The molecule has 1 heterocycles. The summed E-state index contributed by atoms with van der Waals surface area (Å²) in [5.74, 6) is -1.71. The summed E-state index contributed by atoms with van der Waals surface area (Å²) in [5, 5.41) is 2.71. The molecule has 0 bridgehead atoms. The molecular weight excluding hydrogens is 550 g/mol. The summed E-state index contributed by atoms with van der Waals surface area (Å²) in [6.45, 7) is 15.7. The van der Waals surface area contributed by atoms with E-state index in [2.05, 4.69) is 39.2 Å². The molecule has 42 heavy (non-hydrogen) atoms. The highest BCUT2D eigenvalue weighted by atomic mass is 28.4. The van der Waals surface area contributed by atoms with Crippen molar-refractivity contribution in [3.05, 3.63) is 77.4 Å². The van der Waals surface area contributed by atoms with E-state index in [1.807, 2.05) is 24.3 Å². The van der Waals surface area contributed by atoms with Crippen molar-refractivity contribution in [2.45, 2.75) is 83.8 Å². The van der Waals surface area contributed by atoms with E-state index in [0.717, 1.165) is 16.2 Å². The average molecular weight is 594 g/mol. The summed E-state index contributed by atoms with van der Waals surface area (Å²) in [6, 6.07) is 12.4. The van der Waals surface area contributed by atoms with Gasteiger partial charge in [-0.3, -0.25) is 19.3 Å². The van der Waals surface area contributed by atoms with E-state index in [-0.39, 0.29) is 22.7 Å². The monoisotopic (exact) mass is 593 g/mol. The minimum atomic E-state index is -1.94. The Hall–Kier alpha value is -3.76. The van der Waals surface area contributed by atoms with Crippen LogP contribution in [-0.2, 0) is 20.7 Å². The second-order valence-corrected chi connectivity index (χ2v) is 17.8. The molecule has 1 aliphatic heterocycles. The quantitative estimate of drug-likeness (QED) is 0.178. The molecule has 0 aliphatic carbocycles.